The average molecular weight is 257 g/mol. The highest BCUT2D eigenvalue weighted by molar-refractivity contribution is 5.74. The van der Waals surface area contributed by atoms with E-state index in [1.165, 1.54) is 0 Å². The maximum absolute atomic E-state index is 11.5. The van der Waals surface area contributed by atoms with Crippen molar-refractivity contribution in [3.8, 4) is 0 Å². The lowest BCUT2D eigenvalue weighted by Gasteiger charge is -2.40. The molecule has 2 atom stereocenters. The van der Waals surface area contributed by atoms with Crippen molar-refractivity contribution in [2.45, 2.75) is 46.1 Å². The maximum atomic E-state index is 11.5. The first-order chi connectivity index (χ1) is 8.49. The molecule has 1 aliphatic rings. The third kappa shape index (κ3) is 3.23. The summed E-state index contributed by atoms with van der Waals surface area (Å²) in [6.45, 7) is 8.62. The Bertz CT molecular complexity index is 276. The minimum atomic E-state index is -0.667. The molecule has 0 aromatic carbocycles. The van der Waals surface area contributed by atoms with E-state index < -0.39 is 11.4 Å². The summed E-state index contributed by atoms with van der Waals surface area (Å²) < 4.78 is 5.49. The van der Waals surface area contributed by atoms with Gasteiger partial charge in [-0.3, -0.25) is 9.69 Å². The molecule has 1 N–H and O–H groups in total. The number of carboxylic acids is 1. The number of hydrogen-bond donors (Lipinski definition) is 1. The van der Waals surface area contributed by atoms with Gasteiger partial charge in [-0.05, 0) is 31.7 Å². The minimum Gasteiger partial charge on any atom is -0.481 e. The van der Waals surface area contributed by atoms with Crippen molar-refractivity contribution < 1.29 is 14.6 Å². The lowest BCUT2D eigenvalue weighted by atomic mass is 9.81. The van der Waals surface area contributed by atoms with Gasteiger partial charge in [0.05, 0.1) is 11.5 Å². The van der Waals surface area contributed by atoms with E-state index in [-0.39, 0.29) is 6.10 Å². The summed E-state index contributed by atoms with van der Waals surface area (Å²) >= 11 is 0. The maximum Gasteiger partial charge on any atom is 0.310 e. The van der Waals surface area contributed by atoms with Crippen LogP contribution in [0.4, 0.5) is 0 Å². The van der Waals surface area contributed by atoms with Gasteiger partial charge in [0, 0.05) is 20.2 Å². The van der Waals surface area contributed by atoms with Crippen LogP contribution in [0.5, 0.6) is 0 Å². The van der Waals surface area contributed by atoms with Gasteiger partial charge in [0.1, 0.15) is 0 Å². The quantitative estimate of drug-likeness (QED) is 0.793. The van der Waals surface area contributed by atoms with Crippen molar-refractivity contribution in [1.29, 1.82) is 0 Å². The van der Waals surface area contributed by atoms with Gasteiger partial charge in [-0.1, -0.05) is 20.8 Å². The fraction of sp³-hybridized carbons (Fsp3) is 0.929. The molecule has 4 heteroatoms. The van der Waals surface area contributed by atoms with E-state index in [0.29, 0.717) is 25.3 Å². The van der Waals surface area contributed by atoms with E-state index in [1.54, 1.807) is 7.11 Å². The number of rotatable bonds is 6. The zero-order chi connectivity index (χ0) is 13.8. The molecular formula is C14H27NO3. The van der Waals surface area contributed by atoms with Gasteiger partial charge in [0.2, 0.25) is 0 Å². The molecule has 1 aliphatic heterocycles. The van der Waals surface area contributed by atoms with Crippen molar-refractivity contribution in [2.24, 2.45) is 11.3 Å². The molecule has 0 aromatic rings. The van der Waals surface area contributed by atoms with Crippen LogP contribution in [0, 0.1) is 11.3 Å². The van der Waals surface area contributed by atoms with Crippen LogP contribution in [-0.4, -0.2) is 48.8 Å². The van der Waals surface area contributed by atoms with Gasteiger partial charge in [0.25, 0.3) is 0 Å². The number of nitrogens with zero attached hydrogens (tertiary/aromatic N) is 1. The van der Waals surface area contributed by atoms with Gasteiger partial charge in [0.15, 0.2) is 0 Å². The molecule has 0 amide bonds. The second-order valence-corrected chi connectivity index (χ2v) is 5.57. The van der Waals surface area contributed by atoms with E-state index in [4.69, 9.17) is 4.74 Å². The standard InChI is InChI=1S/C14H27NO3/c1-5-14(6-2,13(16)17)10-15-8-7-11(3)12(9-15)18-4/h11-12H,5-10H2,1-4H3,(H,16,17). The van der Waals surface area contributed by atoms with Crippen molar-refractivity contribution in [2.75, 3.05) is 26.7 Å². The number of methoxy groups -OCH3 is 1. The minimum absolute atomic E-state index is 0.235. The molecule has 1 saturated heterocycles. The normalized spacial score (nSPS) is 26.2. The van der Waals surface area contributed by atoms with Crippen LogP contribution in [0.15, 0.2) is 0 Å². The summed E-state index contributed by atoms with van der Waals surface area (Å²) in [5, 5.41) is 9.47. The van der Waals surface area contributed by atoms with E-state index >= 15 is 0 Å². The largest absolute Gasteiger partial charge is 0.481 e. The van der Waals surface area contributed by atoms with E-state index in [2.05, 4.69) is 11.8 Å². The van der Waals surface area contributed by atoms with Gasteiger partial charge >= 0.3 is 5.97 Å². The predicted molar refractivity (Wildman–Crippen MR) is 71.7 cm³/mol. The highest BCUT2D eigenvalue weighted by atomic mass is 16.5. The summed E-state index contributed by atoms with van der Waals surface area (Å²) in [6.07, 6.45) is 2.69. The molecule has 0 radical (unpaired) electrons. The van der Waals surface area contributed by atoms with Crippen LogP contribution < -0.4 is 0 Å². The number of hydrogen-bond acceptors (Lipinski definition) is 3. The second kappa shape index (κ2) is 6.53. The molecule has 2 unspecified atom stereocenters. The Morgan fingerprint density at radius 2 is 2.06 bits per heavy atom. The zero-order valence-corrected chi connectivity index (χ0v) is 12.1. The van der Waals surface area contributed by atoms with Crippen molar-refractivity contribution in [3.05, 3.63) is 0 Å². The average Bonchev–Trinajstić information content (AvgIpc) is 2.37. The van der Waals surface area contributed by atoms with Crippen LogP contribution in [0.3, 0.4) is 0 Å². The molecule has 18 heavy (non-hydrogen) atoms. The van der Waals surface area contributed by atoms with Crippen LogP contribution in [0.1, 0.15) is 40.0 Å². The third-order valence-corrected chi connectivity index (χ3v) is 4.61. The molecule has 1 rings (SSSR count). The molecule has 106 valence electrons. The number of carbonyl (C=O) groups is 1. The predicted octanol–water partition coefficient (Wildman–Crippen LogP) is 2.23. The Hall–Kier alpha value is -0.610. The Balaban J connectivity index is 2.68. The van der Waals surface area contributed by atoms with E-state index in [9.17, 15) is 9.90 Å². The van der Waals surface area contributed by atoms with E-state index in [1.807, 2.05) is 13.8 Å². The Kier molecular flexibility index (Phi) is 5.60. The molecular weight excluding hydrogens is 230 g/mol. The monoisotopic (exact) mass is 257 g/mol. The van der Waals surface area contributed by atoms with Crippen LogP contribution >= 0.6 is 0 Å². The highest BCUT2D eigenvalue weighted by Gasteiger charge is 2.38. The van der Waals surface area contributed by atoms with Gasteiger partial charge < -0.3 is 9.84 Å². The number of likely N-dealkylation sites (tertiary alicyclic amines) is 1. The molecule has 0 saturated carbocycles. The summed E-state index contributed by atoms with van der Waals surface area (Å²) in [5.41, 5.74) is -0.598. The zero-order valence-electron chi connectivity index (χ0n) is 12.1. The summed E-state index contributed by atoms with van der Waals surface area (Å²) in [6, 6.07) is 0. The van der Waals surface area contributed by atoms with Crippen molar-refractivity contribution in [1.82, 2.24) is 4.90 Å². The van der Waals surface area contributed by atoms with Crippen molar-refractivity contribution in [3.63, 3.8) is 0 Å². The molecule has 1 heterocycles. The van der Waals surface area contributed by atoms with Crippen LogP contribution in [-0.2, 0) is 9.53 Å². The Morgan fingerprint density at radius 1 is 1.44 bits per heavy atom. The summed E-state index contributed by atoms with van der Waals surface area (Å²) in [7, 11) is 1.74. The molecule has 4 nitrogen and oxygen atoms in total. The van der Waals surface area contributed by atoms with Gasteiger partial charge in [-0.15, -0.1) is 0 Å². The number of ether oxygens (including phenoxy) is 1. The SMILES string of the molecule is CCC(CC)(CN1CCC(C)C(OC)C1)C(=O)O. The lowest BCUT2D eigenvalue weighted by molar-refractivity contribution is -0.151. The summed E-state index contributed by atoms with van der Waals surface area (Å²) in [4.78, 5) is 13.8. The van der Waals surface area contributed by atoms with Gasteiger partial charge in [-0.25, -0.2) is 0 Å². The Labute approximate surface area is 110 Å². The molecule has 0 bridgehead atoms. The second-order valence-electron chi connectivity index (χ2n) is 5.57. The molecule has 0 aromatic heterocycles. The van der Waals surface area contributed by atoms with Gasteiger partial charge in [-0.2, -0.15) is 0 Å². The first-order valence-electron chi connectivity index (χ1n) is 6.97. The third-order valence-electron chi connectivity index (χ3n) is 4.61. The molecule has 1 fully saturated rings. The molecule has 0 spiro atoms. The Morgan fingerprint density at radius 3 is 2.50 bits per heavy atom. The smallest absolute Gasteiger partial charge is 0.310 e. The summed E-state index contributed by atoms with van der Waals surface area (Å²) in [5.74, 6) is -0.103. The van der Waals surface area contributed by atoms with E-state index in [0.717, 1.165) is 19.5 Å². The lowest BCUT2D eigenvalue weighted by Crippen LogP contribution is -2.50. The number of carboxylic acid groups (broad SMARTS) is 1. The first kappa shape index (κ1) is 15.4. The number of aliphatic carboxylic acids is 1. The fourth-order valence-corrected chi connectivity index (χ4v) is 2.82. The fourth-order valence-electron chi connectivity index (χ4n) is 2.82. The number of piperidine rings is 1. The molecule has 0 aliphatic carbocycles. The first-order valence-corrected chi connectivity index (χ1v) is 6.97. The topological polar surface area (TPSA) is 49.8 Å². The highest BCUT2D eigenvalue weighted by Crippen LogP contribution is 2.30. The van der Waals surface area contributed by atoms with Crippen molar-refractivity contribution >= 4 is 5.97 Å². The van der Waals surface area contributed by atoms with Crippen LogP contribution in [0.2, 0.25) is 0 Å². The van der Waals surface area contributed by atoms with Crippen LogP contribution in [0.25, 0.3) is 0 Å².